The number of benzene rings is 1. The molecule has 5 aliphatic rings. The highest BCUT2D eigenvalue weighted by molar-refractivity contribution is 8.07. The number of nitrogen functional groups attached to an aromatic ring is 1. The van der Waals surface area contributed by atoms with E-state index < -0.39 is 93.2 Å². The van der Waals surface area contributed by atoms with Gasteiger partial charge < -0.3 is 51.3 Å². The van der Waals surface area contributed by atoms with Gasteiger partial charge in [0.2, 0.25) is 17.3 Å². The summed E-state index contributed by atoms with van der Waals surface area (Å²) in [7, 11) is 8.63. The number of aromatic nitrogens is 4. The smallest absolute Gasteiger partial charge is 0.355 e. The van der Waals surface area contributed by atoms with Crippen LogP contribution in [0.3, 0.4) is 0 Å². The number of aliphatic hydroxyl groups is 3. The predicted molar refractivity (Wildman–Crippen MR) is 310 cm³/mol. The van der Waals surface area contributed by atoms with E-state index >= 15 is 0 Å². The minimum Gasteiger partial charge on any atom is -0.508 e. The predicted octanol–water partition coefficient (Wildman–Crippen LogP) is 4.12. The van der Waals surface area contributed by atoms with Gasteiger partial charge in [0, 0.05) is 83.0 Å². The van der Waals surface area contributed by atoms with E-state index in [1.165, 1.54) is 50.7 Å². The summed E-state index contributed by atoms with van der Waals surface area (Å²) >= 11 is 4.96. The number of hydrogen-bond acceptors (Lipinski definition) is 24. The second-order valence-electron chi connectivity index (χ2n) is 20.9. The van der Waals surface area contributed by atoms with E-state index in [0.717, 1.165) is 48.5 Å². The molecule has 3 aromatic heterocycles. The number of thiazole rings is 1. The number of nitrogens with one attached hydrogen (secondary N) is 1. The lowest BCUT2D eigenvalue weighted by molar-refractivity contribution is -0.671. The number of primary amides is 1. The number of ketones is 2. The van der Waals surface area contributed by atoms with Crippen LogP contribution in [-0.4, -0.2) is 157 Å². The number of unbranched alkanes of at least 4 members (excludes halogenated alkanes) is 6. The van der Waals surface area contributed by atoms with Gasteiger partial charge in [0.1, 0.15) is 53.6 Å². The van der Waals surface area contributed by atoms with Crippen molar-refractivity contribution in [1.82, 2.24) is 29.5 Å². The topological polar surface area (TPSA) is 337 Å². The van der Waals surface area contributed by atoms with Gasteiger partial charge in [-0.1, -0.05) is 49.0 Å². The summed E-state index contributed by atoms with van der Waals surface area (Å²) in [5.74, 6) is -9.01. The SMILES string of the molecule is CCO/N=C(/C(=O)N[C@@H]1C(=O)N2C(C(=O)OCCCCCCCCCC(=O)Oc3ccc(N(C)C)c4c3C(O)=C3C(=O)[C@@]5(O)C(O)=C(C(N)=O)C(=O)[C@H](N(C)C)[C@H]5C[C@H]3C4)=C(Sc3nc(-c4cc[n+](C)cc4)cs3)CSC12)c1nsc(N)n1. The Morgan fingerprint density at radius 3 is 2.37 bits per heavy atom. The Labute approximate surface area is 494 Å². The minimum atomic E-state index is -2.75. The number of β-lactam (4-membered cyclic amide) rings is 1. The molecule has 2 aliphatic heterocycles. The van der Waals surface area contributed by atoms with Crippen molar-refractivity contribution in [2.45, 2.75) is 98.5 Å². The number of likely N-dealkylation sites (N-methyl/N-ethyl adjacent to an activating group) is 1. The molecule has 1 saturated heterocycles. The number of aryl methyl sites for hydroxylation is 1. The van der Waals surface area contributed by atoms with E-state index in [9.17, 15) is 48.9 Å². The molecule has 0 radical (unpaired) electrons. The first-order valence-corrected chi connectivity index (χ1v) is 30.4. The number of nitrogens with zero attached hydrogens (tertiary/aromatic N) is 8. The van der Waals surface area contributed by atoms with Crippen molar-refractivity contribution in [3.05, 3.63) is 86.5 Å². The molecule has 0 bridgehead atoms. The highest BCUT2D eigenvalue weighted by atomic mass is 32.2. The van der Waals surface area contributed by atoms with Gasteiger partial charge in [-0.3, -0.25) is 38.6 Å². The van der Waals surface area contributed by atoms with Crippen molar-refractivity contribution in [2.24, 2.45) is 29.8 Å². The third-order valence-corrected chi connectivity index (χ3v) is 19.1. The van der Waals surface area contributed by atoms with Crippen LogP contribution < -0.4 is 31.0 Å². The monoisotopic (exact) mass is 1210 g/mol. The molecule has 6 atom stereocenters. The van der Waals surface area contributed by atoms with Crippen molar-refractivity contribution in [2.75, 3.05) is 57.8 Å². The molecule has 24 nitrogen and oxygen atoms in total. The molecule has 83 heavy (non-hydrogen) atoms. The van der Waals surface area contributed by atoms with Crippen LogP contribution in [0.5, 0.6) is 5.75 Å². The summed E-state index contributed by atoms with van der Waals surface area (Å²) in [6.45, 7) is 1.94. The molecule has 3 amide bonds. The first kappa shape index (κ1) is 60.4. The highest BCUT2D eigenvalue weighted by Gasteiger charge is 2.64. The van der Waals surface area contributed by atoms with Crippen LogP contribution in [0.4, 0.5) is 10.8 Å². The number of anilines is 2. The largest absolute Gasteiger partial charge is 0.508 e. The number of rotatable bonds is 23. The van der Waals surface area contributed by atoms with Crippen LogP contribution in [0, 0.1) is 11.8 Å². The molecule has 4 aromatic rings. The van der Waals surface area contributed by atoms with Gasteiger partial charge >= 0.3 is 11.9 Å². The first-order chi connectivity index (χ1) is 39.6. The fourth-order valence-corrected chi connectivity index (χ4v) is 15.0. The Kier molecular flexibility index (Phi) is 18.4. The quantitative estimate of drug-likeness (QED) is 0.00889. The summed E-state index contributed by atoms with van der Waals surface area (Å²) in [6, 6.07) is 4.99. The summed E-state index contributed by atoms with van der Waals surface area (Å²) in [6.07, 6.45) is 8.99. The van der Waals surface area contributed by atoms with Crippen LogP contribution in [0.2, 0.25) is 0 Å². The number of ether oxygens (including phenoxy) is 2. The van der Waals surface area contributed by atoms with Gasteiger partial charge in [0.05, 0.1) is 23.9 Å². The lowest BCUT2D eigenvalue weighted by Crippen LogP contribution is -2.71. The Morgan fingerprint density at radius 1 is 1.00 bits per heavy atom. The van der Waals surface area contributed by atoms with E-state index in [1.807, 2.05) is 46.4 Å². The molecule has 440 valence electrons. The zero-order valence-electron chi connectivity index (χ0n) is 46.4. The normalized spacial score (nSPS) is 22.2. The Bertz CT molecular complexity index is 3390. The number of amides is 3. The number of carbonyl (C=O) groups excluding carboxylic acids is 7. The van der Waals surface area contributed by atoms with Gasteiger partial charge in [0.25, 0.3) is 17.7 Å². The van der Waals surface area contributed by atoms with Crippen molar-refractivity contribution in [3.63, 3.8) is 0 Å². The van der Waals surface area contributed by atoms with E-state index in [-0.39, 0.29) is 71.7 Å². The van der Waals surface area contributed by atoms with Crippen LogP contribution in [0.15, 0.2) is 79.0 Å². The van der Waals surface area contributed by atoms with Gasteiger partial charge in [0.15, 0.2) is 33.2 Å². The number of Topliss-reactive ketones (excluding diaryl/α,β-unsaturated/α-hetero) is 2. The Morgan fingerprint density at radius 2 is 1.71 bits per heavy atom. The van der Waals surface area contributed by atoms with Crippen molar-refractivity contribution in [3.8, 4) is 17.0 Å². The average Bonchev–Trinajstić information content (AvgIpc) is 1.41. The summed E-state index contributed by atoms with van der Waals surface area (Å²) < 4.78 is 18.4. The molecule has 9 rings (SSSR count). The van der Waals surface area contributed by atoms with Crippen molar-refractivity contribution < 1.29 is 67.8 Å². The summed E-state index contributed by atoms with van der Waals surface area (Å²) in [5.41, 5.74) is 10.3. The number of pyridine rings is 1. The molecule has 8 N–H and O–H groups in total. The summed E-state index contributed by atoms with van der Waals surface area (Å²) in [5, 5.41) is 43.3. The van der Waals surface area contributed by atoms with Gasteiger partial charge in [-0.05, 0) is 70.3 Å². The summed E-state index contributed by atoms with van der Waals surface area (Å²) in [4.78, 5) is 115. The molecule has 1 saturated carbocycles. The average molecular weight is 1220 g/mol. The van der Waals surface area contributed by atoms with Gasteiger partial charge in [-0.15, -0.1) is 23.1 Å². The van der Waals surface area contributed by atoms with E-state index in [4.69, 9.17) is 30.8 Å². The second kappa shape index (κ2) is 25.3. The number of carbonyl (C=O) groups is 7. The maximum atomic E-state index is 14.4. The maximum Gasteiger partial charge on any atom is 0.355 e. The molecule has 0 spiro atoms. The molecule has 3 aliphatic carbocycles. The molecule has 1 unspecified atom stereocenters. The van der Waals surface area contributed by atoms with E-state index in [1.54, 1.807) is 41.2 Å². The molecule has 5 heterocycles. The van der Waals surface area contributed by atoms with Crippen LogP contribution in [0.1, 0.15) is 81.7 Å². The van der Waals surface area contributed by atoms with Gasteiger partial charge in [-0.2, -0.15) is 9.36 Å². The lowest BCUT2D eigenvalue weighted by atomic mass is 9.57. The number of esters is 2. The van der Waals surface area contributed by atoms with Crippen LogP contribution in [0.25, 0.3) is 17.0 Å². The molecule has 1 aromatic carbocycles. The number of aliphatic hydroxyl groups excluding tert-OH is 2. The fourth-order valence-electron chi connectivity index (χ4n) is 11.1. The highest BCUT2D eigenvalue weighted by Crippen LogP contribution is 2.54. The lowest BCUT2D eigenvalue weighted by Gasteiger charge is -2.50. The van der Waals surface area contributed by atoms with Gasteiger partial charge in [-0.25, -0.2) is 14.3 Å². The molecular formula is C55H64N11O13S4+. The molecule has 2 fully saturated rings. The zero-order chi connectivity index (χ0) is 59.6. The number of fused-ring (bicyclic) bond motifs is 4. The molecule has 28 heteroatoms. The Balaban J connectivity index is 0.785. The fraction of sp³-hybridized carbons (Fsp3) is 0.455. The van der Waals surface area contributed by atoms with E-state index in [0.29, 0.717) is 45.5 Å². The zero-order valence-corrected chi connectivity index (χ0v) is 49.7. The third-order valence-electron chi connectivity index (χ3n) is 15.1. The number of hydrogen-bond donors (Lipinski definition) is 6. The van der Waals surface area contributed by atoms with Crippen LogP contribution in [-0.2, 0) is 56.6 Å². The minimum absolute atomic E-state index is 0.00350. The Hall–Kier alpha value is -7.24. The molecular weight excluding hydrogens is 1150 g/mol. The van der Waals surface area contributed by atoms with E-state index in [2.05, 4.69) is 19.8 Å². The third kappa shape index (κ3) is 12.0. The van der Waals surface area contributed by atoms with Crippen LogP contribution >= 0.6 is 46.4 Å². The maximum absolute atomic E-state index is 14.4. The second-order valence-corrected chi connectivity index (χ2v) is 25.0. The van der Waals surface area contributed by atoms with Crippen molar-refractivity contribution >= 4 is 110 Å². The number of oxime groups is 1. The standard InChI is InChI=1S/C55H63N11O13S4/c1-7-78-61-39(48-60-53(57)83-62-48)49(73)59-40-50(74)66-42(34(26-80-51(40)66)82-54-58-31(25-81-54)27-18-20-65(6)21-19-27)52(75)77-22-14-12-10-8-9-11-13-15-35(67)79-33-17-16-32(63(2)3)29-23-28-24-30-41(64(4)5)44(69)38(47(56)72)46(71)55(30,76)45(70)36(28)43(68)37(29)33/h16-21,25,28,30,40-41,51,76H,7-15,22-24,26H2,1-6H3,(H6-,56,57,59,60,62,68,69,70,71,72,73)/p+1/b61-39+/t28-,30-,40-,41-,51?,55-/m1/s1. The first-order valence-electron chi connectivity index (χ1n) is 26.9. The number of nitrogens with two attached hydrogens (primary N) is 2. The van der Waals surface area contributed by atoms with Crippen molar-refractivity contribution in [1.29, 1.82) is 0 Å². The number of thioether (sulfide) groups is 2.